The van der Waals surface area contributed by atoms with Gasteiger partial charge in [-0.3, -0.25) is 4.79 Å². The van der Waals surface area contributed by atoms with E-state index in [4.69, 9.17) is 11.6 Å². The van der Waals surface area contributed by atoms with Gasteiger partial charge in [0, 0.05) is 10.1 Å². The molecule has 0 aliphatic rings. The molecule has 25 heavy (non-hydrogen) atoms. The summed E-state index contributed by atoms with van der Waals surface area (Å²) in [6.07, 6.45) is 1.48. The quantitative estimate of drug-likeness (QED) is 0.348. The maximum absolute atomic E-state index is 12.3. The SMILES string of the molecule is Cc1ccc2c(Cl)c(C(=O)NN=Cc3cc(Br)c(O)c(Br)c3)sc2c1. The second-order valence-electron chi connectivity index (χ2n) is 5.28. The molecule has 8 heteroatoms. The zero-order chi connectivity index (χ0) is 18.1. The van der Waals surface area contributed by atoms with Gasteiger partial charge in [-0.05, 0) is 68.1 Å². The Bertz CT molecular complexity index is 994. The second-order valence-corrected chi connectivity index (χ2v) is 8.42. The highest BCUT2D eigenvalue weighted by molar-refractivity contribution is 9.11. The van der Waals surface area contributed by atoms with Gasteiger partial charge in [0.1, 0.15) is 10.6 Å². The number of benzene rings is 2. The van der Waals surface area contributed by atoms with E-state index in [1.54, 1.807) is 12.1 Å². The summed E-state index contributed by atoms with van der Waals surface area (Å²) in [7, 11) is 0. The highest BCUT2D eigenvalue weighted by atomic mass is 79.9. The van der Waals surface area contributed by atoms with Crippen LogP contribution in [0.3, 0.4) is 0 Å². The first-order valence-electron chi connectivity index (χ1n) is 7.07. The number of halogens is 3. The first-order valence-corrected chi connectivity index (χ1v) is 9.85. The maximum atomic E-state index is 12.3. The molecule has 0 radical (unpaired) electrons. The largest absolute Gasteiger partial charge is 0.506 e. The fourth-order valence-electron chi connectivity index (χ4n) is 2.19. The fraction of sp³-hybridized carbons (Fsp3) is 0.0588. The number of aryl methyl sites for hydroxylation is 1. The van der Waals surface area contributed by atoms with Crippen molar-refractivity contribution in [2.24, 2.45) is 5.10 Å². The summed E-state index contributed by atoms with van der Waals surface area (Å²) in [6, 6.07) is 9.24. The molecule has 0 bridgehead atoms. The Balaban J connectivity index is 1.80. The molecule has 0 aliphatic heterocycles. The summed E-state index contributed by atoms with van der Waals surface area (Å²) in [5.74, 6) is -0.259. The third kappa shape index (κ3) is 3.89. The molecule has 0 saturated heterocycles. The molecule has 4 nitrogen and oxygen atoms in total. The van der Waals surface area contributed by atoms with Gasteiger partial charge in [0.25, 0.3) is 5.91 Å². The van der Waals surface area contributed by atoms with Gasteiger partial charge in [-0.25, -0.2) is 5.43 Å². The normalized spacial score (nSPS) is 11.4. The molecular weight excluding hydrogens is 492 g/mol. The molecular formula is C17H11Br2ClN2O2S. The van der Waals surface area contributed by atoms with Crippen molar-refractivity contribution in [3.8, 4) is 5.75 Å². The van der Waals surface area contributed by atoms with E-state index in [0.29, 0.717) is 24.4 Å². The van der Waals surface area contributed by atoms with E-state index in [1.807, 2.05) is 25.1 Å². The van der Waals surface area contributed by atoms with Crippen molar-refractivity contribution >= 4 is 77.0 Å². The molecule has 1 heterocycles. The molecule has 3 rings (SSSR count). The average molecular weight is 503 g/mol. The van der Waals surface area contributed by atoms with E-state index in [9.17, 15) is 9.90 Å². The summed E-state index contributed by atoms with van der Waals surface area (Å²) in [5, 5.41) is 14.9. The fourth-order valence-corrected chi connectivity index (χ4v) is 4.92. The Morgan fingerprint density at radius 1 is 1.28 bits per heavy atom. The lowest BCUT2D eigenvalue weighted by atomic mass is 10.2. The Hall–Kier alpha value is -1.41. The number of phenols is 1. The minimum atomic E-state index is -0.364. The molecule has 2 aromatic carbocycles. The Morgan fingerprint density at radius 3 is 2.64 bits per heavy atom. The van der Waals surface area contributed by atoms with E-state index in [0.717, 1.165) is 15.6 Å². The Kier molecular flexibility index (Phi) is 5.48. The van der Waals surface area contributed by atoms with Gasteiger partial charge >= 0.3 is 0 Å². The number of fused-ring (bicyclic) bond motifs is 1. The third-order valence-corrected chi connectivity index (χ3v) is 6.28. The van der Waals surface area contributed by atoms with Gasteiger partial charge in [0.2, 0.25) is 0 Å². The second kappa shape index (κ2) is 7.45. The van der Waals surface area contributed by atoms with Gasteiger partial charge in [0.05, 0.1) is 20.2 Å². The number of hydrogen-bond donors (Lipinski definition) is 2. The summed E-state index contributed by atoms with van der Waals surface area (Å²) in [5.41, 5.74) is 4.29. The zero-order valence-corrected chi connectivity index (χ0v) is 17.6. The van der Waals surface area contributed by atoms with E-state index in [1.165, 1.54) is 17.6 Å². The molecule has 0 atom stereocenters. The number of nitrogens with one attached hydrogen (secondary N) is 1. The number of thiophene rings is 1. The van der Waals surface area contributed by atoms with Crippen LogP contribution in [0.1, 0.15) is 20.8 Å². The smallest absolute Gasteiger partial charge is 0.283 e. The third-order valence-electron chi connectivity index (χ3n) is 3.41. The van der Waals surface area contributed by atoms with Gasteiger partial charge in [0.15, 0.2) is 0 Å². The average Bonchev–Trinajstić information content (AvgIpc) is 2.88. The summed E-state index contributed by atoms with van der Waals surface area (Å²) >= 11 is 14.1. The number of carbonyl (C=O) groups excluding carboxylic acids is 1. The number of amides is 1. The number of nitrogens with zero attached hydrogens (tertiary/aromatic N) is 1. The van der Waals surface area contributed by atoms with Crippen molar-refractivity contribution < 1.29 is 9.90 Å². The number of carbonyl (C=O) groups is 1. The van der Waals surface area contributed by atoms with Crippen LogP contribution in [-0.2, 0) is 0 Å². The van der Waals surface area contributed by atoms with Crippen LogP contribution >= 0.6 is 54.8 Å². The lowest BCUT2D eigenvalue weighted by Crippen LogP contribution is -2.16. The predicted molar refractivity (Wildman–Crippen MR) is 110 cm³/mol. The molecule has 0 spiro atoms. The van der Waals surface area contributed by atoms with E-state index >= 15 is 0 Å². The minimum Gasteiger partial charge on any atom is -0.506 e. The van der Waals surface area contributed by atoms with Crippen LogP contribution in [0.5, 0.6) is 5.75 Å². The van der Waals surface area contributed by atoms with Crippen molar-refractivity contribution in [1.82, 2.24) is 5.43 Å². The van der Waals surface area contributed by atoms with Crippen LogP contribution < -0.4 is 5.43 Å². The molecule has 2 N–H and O–H groups in total. The molecule has 0 aliphatic carbocycles. The van der Waals surface area contributed by atoms with Crippen molar-refractivity contribution in [2.75, 3.05) is 0 Å². The summed E-state index contributed by atoms with van der Waals surface area (Å²) < 4.78 is 2.01. The minimum absolute atomic E-state index is 0.105. The van der Waals surface area contributed by atoms with E-state index < -0.39 is 0 Å². The highest BCUT2D eigenvalue weighted by Gasteiger charge is 2.16. The summed E-state index contributed by atoms with van der Waals surface area (Å²) in [4.78, 5) is 12.8. The molecule has 1 aromatic heterocycles. The maximum Gasteiger partial charge on any atom is 0.283 e. The van der Waals surface area contributed by atoms with Crippen molar-refractivity contribution in [3.05, 3.63) is 60.3 Å². The topological polar surface area (TPSA) is 61.7 Å². The lowest BCUT2D eigenvalue weighted by Gasteiger charge is -2.02. The van der Waals surface area contributed by atoms with Crippen LogP contribution in [0, 0.1) is 6.92 Å². The van der Waals surface area contributed by atoms with Gasteiger partial charge < -0.3 is 5.11 Å². The Morgan fingerprint density at radius 2 is 1.96 bits per heavy atom. The van der Waals surface area contributed by atoms with Crippen LogP contribution in [0.4, 0.5) is 0 Å². The van der Waals surface area contributed by atoms with Crippen LogP contribution in [0.25, 0.3) is 10.1 Å². The van der Waals surface area contributed by atoms with Crippen LogP contribution in [0.2, 0.25) is 5.02 Å². The molecule has 128 valence electrons. The van der Waals surface area contributed by atoms with Crippen LogP contribution in [-0.4, -0.2) is 17.2 Å². The molecule has 0 unspecified atom stereocenters. The summed E-state index contributed by atoms with van der Waals surface area (Å²) in [6.45, 7) is 1.99. The zero-order valence-electron chi connectivity index (χ0n) is 12.8. The highest BCUT2D eigenvalue weighted by Crippen LogP contribution is 2.36. The van der Waals surface area contributed by atoms with Gasteiger partial charge in [-0.1, -0.05) is 23.7 Å². The van der Waals surface area contributed by atoms with Crippen molar-refractivity contribution in [3.63, 3.8) is 0 Å². The van der Waals surface area contributed by atoms with E-state index in [2.05, 4.69) is 42.4 Å². The lowest BCUT2D eigenvalue weighted by molar-refractivity contribution is 0.0959. The standard InChI is InChI=1S/C17H11Br2ClN2O2S/c1-8-2-3-10-13(4-8)25-16(14(10)20)17(24)22-21-7-9-5-11(18)15(23)12(19)6-9/h2-7,23H,1H3,(H,22,24). The number of hydrogen-bond acceptors (Lipinski definition) is 4. The number of hydrazone groups is 1. The van der Waals surface area contributed by atoms with Crippen LogP contribution in [0.15, 0.2) is 44.4 Å². The van der Waals surface area contributed by atoms with Gasteiger partial charge in [-0.2, -0.15) is 5.10 Å². The predicted octanol–water partition coefficient (Wildman–Crippen LogP) is 5.86. The number of rotatable bonds is 3. The molecule has 3 aromatic rings. The van der Waals surface area contributed by atoms with Crippen molar-refractivity contribution in [2.45, 2.75) is 6.92 Å². The van der Waals surface area contributed by atoms with Gasteiger partial charge in [-0.15, -0.1) is 11.3 Å². The Labute approximate surface area is 169 Å². The number of phenolic OH excluding ortho intramolecular Hbond substituents is 1. The van der Waals surface area contributed by atoms with E-state index in [-0.39, 0.29) is 11.7 Å². The first kappa shape index (κ1) is 18.4. The monoisotopic (exact) mass is 500 g/mol. The molecule has 0 saturated carbocycles. The first-order chi connectivity index (χ1) is 11.9. The van der Waals surface area contributed by atoms with Crippen molar-refractivity contribution in [1.29, 1.82) is 0 Å². The molecule has 1 amide bonds. The number of aromatic hydroxyl groups is 1. The molecule has 0 fully saturated rings.